The fraction of sp³-hybridized carbons (Fsp3) is 0.250. The molecule has 54 heavy (non-hydrogen) atoms. The Morgan fingerprint density at radius 3 is 1.37 bits per heavy atom. The molecule has 0 aliphatic carbocycles. The van der Waals surface area contributed by atoms with Crippen molar-refractivity contribution in [3.63, 3.8) is 0 Å². The Hall–Kier alpha value is -5.08. The first-order valence-electron chi connectivity index (χ1n) is 18.7. The predicted molar refractivity (Wildman–Crippen MR) is 211 cm³/mol. The molecule has 5 atom stereocenters. The van der Waals surface area contributed by atoms with Crippen molar-refractivity contribution in [2.45, 2.75) is 70.5 Å². The van der Waals surface area contributed by atoms with Gasteiger partial charge in [-0.1, -0.05) is 163 Å². The Morgan fingerprint density at radius 2 is 0.870 bits per heavy atom. The van der Waals surface area contributed by atoms with Gasteiger partial charge in [-0.2, -0.15) is 0 Å². The molecule has 1 heterocycles. The van der Waals surface area contributed by atoms with Crippen LogP contribution in [0.3, 0.4) is 0 Å². The monoisotopic (exact) mass is 720 g/mol. The second-order valence-electron chi connectivity index (χ2n) is 13.7. The molecule has 0 bridgehead atoms. The molecule has 0 aromatic heterocycles. The summed E-state index contributed by atoms with van der Waals surface area (Å²) in [4.78, 5) is 0. The van der Waals surface area contributed by atoms with Crippen molar-refractivity contribution in [1.82, 2.24) is 0 Å². The Bertz CT molecular complexity index is 1960. The first-order chi connectivity index (χ1) is 26.7. The molecule has 0 spiro atoms. The van der Waals surface area contributed by atoms with Gasteiger partial charge >= 0.3 is 0 Å². The molecule has 3 unspecified atom stereocenters. The van der Waals surface area contributed by atoms with Gasteiger partial charge in [-0.15, -0.1) is 0 Å². The summed E-state index contributed by atoms with van der Waals surface area (Å²) in [5, 5.41) is 0. The SMILES string of the molecule is Cc1ccc(OCc2ccccc2)c(C2OC(COCc3ccccc3)[C@@H](OCc3ccccc3)C(OCc3ccccc3)[C@H]2OCc2ccccc2)c1. The minimum absolute atomic E-state index is 0.285. The van der Waals surface area contributed by atoms with Gasteiger partial charge in [-0.05, 0) is 46.9 Å². The lowest BCUT2D eigenvalue weighted by Gasteiger charge is -2.46. The second kappa shape index (κ2) is 19.3. The standard InChI is InChI=1S/C48H48O6/c1-36-27-28-43(50-31-38-19-9-3-10-20-38)42(29-36)45-47(52-33-40-23-13-5-14-24-40)48(53-34-41-25-15-6-16-26-41)46(51-32-39-21-11-4-12-22-39)44(54-45)35-49-30-37-17-7-2-8-18-37/h2-29,44-48H,30-35H2,1H3/t44?,45?,46-,47+,48?/m1/s1. The first kappa shape index (κ1) is 37.2. The zero-order valence-electron chi connectivity index (χ0n) is 30.7. The molecule has 6 nitrogen and oxygen atoms in total. The lowest BCUT2D eigenvalue weighted by molar-refractivity contribution is -0.275. The molecule has 1 aliphatic rings. The molecule has 1 fully saturated rings. The lowest BCUT2D eigenvalue weighted by Crippen LogP contribution is -2.58. The van der Waals surface area contributed by atoms with E-state index in [9.17, 15) is 0 Å². The largest absolute Gasteiger partial charge is 0.489 e. The molecule has 0 amide bonds. The van der Waals surface area contributed by atoms with Crippen LogP contribution in [-0.4, -0.2) is 31.0 Å². The molecule has 7 rings (SSSR count). The van der Waals surface area contributed by atoms with Crippen LogP contribution in [0.15, 0.2) is 170 Å². The molecule has 276 valence electrons. The fourth-order valence-corrected chi connectivity index (χ4v) is 6.80. The molecular formula is C48H48O6. The van der Waals surface area contributed by atoms with Crippen LogP contribution in [0, 0.1) is 6.92 Å². The maximum atomic E-state index is 7.21. The number of hydrogen-bond acceptors (Lipinski definition) is 6. The maximum Gasteiger partial charge on any atom is 0.125 e. The molecule has 6 heteroatoms. The van der Waals surface area contributed by atoms with Gasteiger partial charge in [-0.3, -0.25) is 0 Å². The zero-order valence-corrected chi connectivity index (χ0v) is 30.7. The highest BCUT2D eigenvalue weighted by Gasteiger charge is 2.49. The third kappa shape index (κ3) is 10.3. The van der Waals surface area contributed by atoms with E-state index in [-0.39, 0.29) is 6.61 Å². The summed E-state index contributed by atoms with van der Waals surface area (Å²) in [5.74, 6) is 0.734. The van der Waals surface area contributed by atoms with E-state index in [2.05, 4.69) is 79.7 Å². The second-order valence-corrected chi connectivity index (χ2v) is 13.7. The summed E-state index contributed by atoms with van der Waals surface area (Å²) in [5.41, 5.74) is 7.32. The van der Waals surface area contributed by atoms with Gasteiger partial charge in [0, 0.05) is 5.56 Å². The molecule has 0 N–H and O–H groups in total. The van der Waals surface area contributed by atoms with Crippen LogP contribution in [0.25, 0.3) is 0 Å². The van der Waals surface area contributed by atoms with Crippen LogP contribution in [0.4, 0.5) is 0 Å². The molecule has 1 aliphatic heterocycles. The first-order valence-corrected chi connectivity index (χ1v) is 18.7. The Labute approximate surface area is 319 Å². The van der Waals surface area contributed by atoms with Crippen LogP contribution < -0.4 is 4.74 Å². The third-order valence-corrected chi connectivity index (χ3v) is 9.59. The highest BCUT2D eigenvalue weighted by Crippen LogP contribution is 2.42. The summed E-state index contributed by atoms with van der Waals surface area (Å²) < 4.78 is 41.0. The lowest BCUT2D eigenvalue weighted by atomic mass is 9.89. The average Bonchev–Trinajstić information content (AvgIpc) is 3.23. The van der Waals surface area contributed by atoms with Crippen molar-refractivity contribution in [3.05, 3.63) is 209 Å². The summed E-state index contributed by atoms with van der Waals surface area (Å²) in [6.07, 6.45) is -2.70. The average molecular weight is 721 g/mol. The zero-order chi connectivity index (χ0) is 36.8. The van der Waals surface area contributed by atoms with E-state index in [1.165, 1.54) is 0 Å². The van der Waals surface area contributed by atoms with Crippen molar-refractivity contribution in [3.8, 4) is 5.75 Å². The van der Waals surface area contributed by atoms with E-state index in [1.54, 1.807) is 0 Å². The van der Waals surface area contributed by atoms with Crippen LogP contribution >= 0.6 is 0 Å². The summed E-state index contributed by atoms with van der Waals surface area (Å²) >= 11 is 0. The summed E-state index contributed by atoms with van der Waals surface area (Å²) in [6.45, 7) is 4.34. The number of ether oxygens (including phenoxy) is 6. The Balaban J connectivity index is 1.27. The molecule has 0 radical (unpaired) electrons. The van der Waals surface area contributed by atoms with Gasteiger partial charge in [0.2, 0.25) is 0 Å². The van der Waals surface area contributed by atoms with Crippen molar-refractivity contribution >= 4 is 0 Å². The van der Waals surface area contributed by atoms with Crippen molar-refractivity contribution in [2.75, 3.05) is 6.61 Å². The van der Waals surface area contributed by atoms with Crippen LogP contribution in [0.5, 0.6) is 5.75 Å². The summed E-state index contributed by atoms with van der Waals surface area (Å²) in [6, 6.07) is 57.3. The molecule has 1 saturated heterocycles. The van der Waals surface area contributed by atoms with E-state index in [0.29, 0.717) is 33.0 Å². The van der Waals surface area contributed by atoms with E-state index in [0.717, 1.165) is 44.7 Å². The number of benzene rings is 6. The van der Waals surface area contributed by atoms with Crippen LogP contribution in [0.1, 0.15) is 45.0 Å². The van der Waals surface area contributed by atoms with E-state index < -0.39 is 30.5 Å². The third-order valence-electron chi connectivity index (χ3n) is 9.59. The van der Waals surface area contributed by atoms with Crippen molar-refractivity contribution in [2.24, 2.45) is 0 Å². The molecule has 0 saturated carbocycles. The quantitative estimate of drug-likeness (QED) is 0.0936. The number of hydrogen-bond donors (Lipinski definition) is 0. The van der Waals surface area contributed by atoms with Crippen molar-refractivity contribution in [1.29, 1.82) is 0 Å². The smallest absolute Gasteiger partial charge is 0.125 e. The highest BCUT2D eigenvalue weighted by molar-refractivity contribution is 5.40. The van der Waals surface area contributed by atoms with E-state index >= 15 is 0 Å². The minimum atomic E-state index is -0.569. The van der Waals surface area contributed by atoms with Crippen LogP contribution in [-0.2, 0) is 56.7 Å². The Kier molecular flexibility index (Phi) is 13.3. The van der Waals surface area contributed by atoms with Crippen molar-refractivity contribution < 1.29 is 28.4 Å². The topological polar surface area (TPSA) is 55.4 Å². The van der Waals surface area contributed by atoms with Gasteiger partial charge in [0.25, 0.3) is 0 Å². The summed E-state index contributed by atoms with van der Waals surface area (Å²) in [7, 11) is 0. The molecule has 6 aromatic carbocycles. The maximum absolute atomic E-state index is 7.21. The number of rotatable bonds is 17. The minimum Gasteiger partial charge on any atom is -0.489 e. The highest BCUT2D eigenvalue weighted by atomic mass is 16.6. The molecule has 6 aromatic rings. The Morgan fingerprint density at radius 1 is 0.444 bits per heavy atom. The van der Waals surface area contributed by atoms with Gasteiger partial charge in [-0.25, -0.2) is 0 Å². The molecular weight excluding hydrogens is 673 g/mol. The van der Waals surface area contributed by atoms with E-state index in [4.69, 9.17) is 28.4 Å². The fourth-order valence-electron chi connectivity index (χ4n) is 6.80. The van der Waals surface area contributed by atoms with Gasteiger partial charge in [0.1, 0.15) is 42.9 Å². The van der Waals surface area contributed by atoms with Gasteiger partial charge < -0.3 is 28.4 Å². The van der Waals surface area contributed by atoms with Gasteiger partial charge in [0.15, 0.2) is 0 Å². The van der Waals surface area contributed by atoms with Crippen LogP contribution in [0.2, 0.25) is 0 Å². The normalized spacial score (nSPS) is 19.7. The predicted octanol–water partition coefficient (Wildman–Crippen LogP) is 9.99. The van der Waals surface area contributed by atoms with E-state index in [1.807, 2.05) is 97.1 Å². The number of aryl methyl sites for hydroxylation is 1. The van der Waals surface area contributed by atoms with Gasteiger partial charge in [0.05, 0.1) is 33.0 Å².